The van der Waals surface area contributed by atoms with Crippen LogP contribution in [0.15, 0.2) is 11.6 Å². The lowest BCUT2D eigenvalue weighted by Crippen LogP contribution is -2.51. The van der Waals surface area contributed by atoms with Gasteiger partial charge in [0, 0.05) is 12.3 Å². The molecule has 0 amide bonds. The van der Waals surface area contributed by atoms with E-state index >= 15 is 0 Å². The van der Waals surface area contributed by atoms with Crippen molar-refractivity contribution in [2.75, 3.05) is 6.61 Å². The first-order valence-corrected chi connectivity index (χ1v) is 9.77. The van der Waals surface area contributed by atoms with Gasteiger partial charge in [-0.1, -0.05) is 19.4 Å². The minimum Gasteiger partial charge on any atom is -0.389 e. The molecule has 0 saturated heterocycles. The Labute approximate surface area is 144 Å². The fourth-order valence-corrected chi connectivity index (χ4v) is 7.20. The number of allylic oxidation sites excluding steroid dienone is 1. The van der Waals surface area contributed by atoms with E-state index < -0.39 is 0 Å². The predicted octanol–water partition coefficient (Wildman–Crippen LogP) is 3.70. The van der Waals surface area contributed by atoms with Gasteiger partial charge in [-0.05, 0) is 79.6 Å². The topological polar surface area (TPSA) is 54.4 Å². The van der Waals surface area contributed by atoms with E-state index in [4.69, 9.17) is 0 Å². The molecule has 4 rings (SSSR count). The lowest BCUT2D eigenvalue weighted by Gasteiger charge is -2.58. The summed E-state index contributed by atoms with van der Waals surface area (Å²) in [7, 11) is 0. The van der Waals surface area contributed by atoms with Gasteiger partial charge < -0.3 is 5.11 Å². The molecule has 3 fully saturated rings. The molecule has 0 aliphatic heterocycles. The van der Waals surface area contributed by atoms with Crippen LogP contribution in [0.2, 0.25) is 0 Å². The number of ketones is 2. The molecular weight excluding hydrogens is 300 g/mol. The van der Waals surface area contributed by atoms with E-state index in [0.29, 0.717) is 30.0 Å². The van der Waals surface area contributed by atoms with Crippen LogP contribution in [0.4, 0.5) is 0 Å². The first-order chi connectivity index (χ1) is 11.4. The first kappa shape index (κ1) is 16.5. The van der Waals surface area contributed by atoms with Crippen molar-refractivity contribution >= 4 is 11.6 Å². The third-order valence-corrected chi connectivity index (χ3v) is 8.51. The van der Waals surface area contributed by atoms with Crippen molar-refractivity contribution in [1.82, 2.24) is 0 Å². The maximum absolute atomic E-state index is 12.3. The molecule has 4 aliphatic rings. The van der Waals surface area contributed by atoms with Crippen LogP contribution in [0.1, 0.15) is 65.2 Å². The number of Topliss-reactive ketones (excluding diaryl/α,β-unsaturated/α-hetero) is 1. The molecule has 1 N–H and O–H groups in total. The minimum atomic E-state index is -0.298. The van der Waals surface area contributed by atoms with Gasteiger partial charge in [-0.25, -0.2) is 0 Å². The molecule has 4 aliphatic carbocycles. The van der Waals surface area contributed by atoms with Crippen LogP contribution in [0, 0.1) is 34.5 Å². The summed E-state index contributed by atoms with van der Waals surface area (Å²) >= 11 is 0. The maximum Gasteiger partial charge on any atom is 0.161 e. The van der Waals surface area contributed by atoms with E-state index in [1.165, 1.54) is 18.4 Å². The van der Waals surface area contributed by atoms with Crippen LogP contribution in [0.5, 0.6) is 0 Å². The molecule has 6 atom stereocenters. The van der Waals surface area contributed by atoms with Crippen molar-refractivity contribution < 1.29 is 14.7 Å². The molecule has 0 radical (unpaired) electrons. The Morgan fingerprint density at radius 3 is 2.67 bits per heavy atom. The van der Waals surface area contributed by atoms with E-state index in [-0.39, 0.29) is 29.1 Å². The quantitative estimate of drug-likeness (QED) is 0.840. The molecule has 0 aromatic carbocycles. The number of hydrogen-bond donors (Lipinski definition) is 1. The second kappa shape index (κ2) is 5.52. The largest absolute Gasteiger partial charge is 0.389 e. The van der Waals surface area contributed by atoms with Gasteiger partial charge in [0.2, 0.25) is 0 Å². The summed E-state index contributed by atoms with van der Waals surface area (Å²) in [5, 5.41) is 9.36. The summed E-state index contributed by atoms with van der Waals surface area (Å²) in [6.45, 7) is 4.42. The van der Waals surface area contributed by atoms with Gasteiger partial charge in [0.25, 0.3) is 0 Å². The number of hydrogen-bond acceptors (Lipinski definition) is 3. The third kappa shape index (κ3) is 2.13. The fourth-order valence-electron chi connectivity index (χ4n) is 7.20. The van der Waals surface area contributed by atoms with Gasteiger partial charge in [0.05, 0.1) is 0 Å². The molecule has 3 nitrogen and oxygen atoms in total. The van der Waals surface area contributed by atoms with Crippen molar-refractivity contribution in [2.24, 2.45) is 34.5 Å². The fraction of sp³-hybridized carbons (Fsp3) is 0.810. The zero-order valence-corrected chi connectivity index (χ0v) is 15.0. The minimum absolute atomic E-state index is 0.0596. The Kier molecular flexibility index (Phi) is 3.80. The zero-order chi connectivity index (χ0) is 17.1. The van der Waals surface area contributed by atoms with Gasteiger partial charge in [0.15, 0.2) is 11.6 Å². The van der Waals surface area contributed by atoms with Crippen LogP contribution >= 0.6 is 0 Å². The first-order valence-electron chi connectivity index (χ1n) is 9.77. The summed E-state index contributed by atoms with van der Waals surface area (Å²) in [5.41, 5.74) is 1.70. The zero-order valence-electron chi connectivity index (χ0n) is 15.0. The molecule has 0 spiro atoms. The highest BCUT2D eigenvalue weighted by atomic mass is 16.3. The second-order valence-electron chi connectivity index (χ2n) is 9.27. The Bertz CT molecular complexity index is 606. The SMILES string of the molecule is C[C@]12CC[C@@H]3[C@H](CCC4=CC(=O)CC[C@@]43C)[C@@H]1CC[C@@H]2C(=O)CO. The van der Waals surface area contributed by atoms with Crippen molar-refractivity contribution in [3.8, 4) is 0 Å². The number of rotatable bonds is 2. The van der Waals surface area contributed by atoms with Crippen LogP contribution in [-0.2, 0) is 9.59 Å². The van der Waals surface area contributed by atoms with Crippen LogP contribution in [-0.4, -0.2) is 23.3 Å². The number of carbonyl (C=O) groups excluding carboxylic acids is 2. The molecular formula is C21H30O3. The van der Waals surface area contributed by atoms with E-state index in [0.717, 1.165) is 32.1 Å². The summed E-state index contributed by atoms with van der Waals surface area (Å²) in [6.07, 6.45) is 10.3. The molecule has 0 aromatic rings. The Morgan fingerprint density at radius 1 is 1.12 bits per heavy atom. The standard InChI is InChI=1S/C21H30O3/c1-20-9-7-14(23)11-13(20)3-4-15-16-5-6-18(19(24)12-22)21(16,2)10-8-17(15)20/h11,15-18,22H,3-10,12H2,1-2H3/t15-,16+,17-,18-,20+,21+/m1/s1. The molecule has 24 heavy (non-hydrogen) atoms. The monoisotopic (exact) mass is 330 g/mol. The highest BCUT2D eigenvalue weighted by Gasteiger charge is 2.59. The lowest BCUT2D eigenvalue weighted by molar-refractivity contribution is -0.133. The molecule has 0 bridgehead atoms. The Morgan fingerprint density at radius 2 is 1.92 bits per heavy atom. The van der Waals surface area contributed by atoms with Gasteiger partial charge in [0.1, 0.15) is 6.61 Å². The van der Waals surface area contributed by atoms with Gasteiger partial charge >= 0.3 is 0 Å². The average Bonchev–Trinajstić information content (AvgIpc) is 2.92. The smallest absolute Gasteiger partial charge is 0.161 e. The molecule has 0 heterocycles. The van der Waals surface area contributed by atoms with E-state index in [9.17, 15) is 14.7 Å². The summed E-state index contributed by atoms with van der Waals surface area (Å²) < 4.78 is 0. The van der Waals surface area contributed by atoms with Crippen molar-refractivity contribution in [2.45, 2.75) is 65.2 Å². The van der Waals surface area contributed by atoms with E-state index in [2.05, 4.69) is 13.8 Å². The summed E-state index contributed by atoms with van der Waals surface area (Å²) in [4.78, 5) is 24.1. The van der Waals surface area contributed by atoms with Crippen LogP contribution in [0.25, 0.3) is 0 Å². The van der Waals surface area contributed by atoms with Crippen LogP contribution in [0.3, 0.4) is 0 Å². The second-order valence-corrected chi connectivity index (χ2v) is 9.27. The number of aliphatic hydroxyl groups excluding tert-OH is 1. The highest BCUT2D eigenvalue weighted by Crippen LogP contribution is 2.66. The summed E-state index contributed by atoms with van der Waals surface area (Å²) in [5.74, 6) is 2.42. The molecule has 3 saturated carbocycles. The van der Waals surface area contributed by atoms with Crippen molar-refractivity contribution in [3.63, 3.8) is 0 Å². The van der Waals surface area contributed by atoms with E-state index in [1.807, 2.05) is 6.08 Å². The van der Waals surface area contributed by atoms with Gasteiger partial charge in [-0.3, -0.25) is 9.59 Å². The van der Waals surface area contributed by atoms with Crippen molar-refractivity contribution in [1.29, 1.82) is 0 Å². The number of carbonyl (C=O) groups is 2. The number of fused-ring (bicyclic) bond motifs is 5. The van der Waals surface area contributed by atoms with Crippen LogP contribution < -0.4 is 0 Å². The number of aliphatic hydroxyl groups is 1. The molecule has 132 valence electrons. The highest BCUT2D eigenvalue weighted by molar-refractivity contribution is 5.91. The van der Waals surface area contributed by atoms with E-state index in [1.54, 1.807) is 0 Å². The molecule has 0 aromatic heterocycles. The Balaban J connectivity index is 1.65. The Hall–Kier alpha value is -0.960. The maximum atomic E-state index is 12.3. The third-order valence-electron chi connectivity index (χ3n) is 8.51. The molecule has 3 heteroatoms. The molecule has 0 unspecified atom stereocenters. The summed E-state index contributed by atoms with van der Waals surface area (Å²) in [6, 6.07) is 0. The van der Waals surface area contributed by atoms with Crippen molar-refractivity contribution in [3.05, 3.63) is 11.6 Å². The van der Waals surface area contributed by atoms with Gasteiger partial charge in [-0.2, -0.15) is 0 Å². The normalized spacial score (nSPS) is 47.5. The van der Waals surface area contributed by atoms with Gasteiger partial charge in [-0.15, -0.1) is 0 Å². The predicted molar refractivity (Wildman–Crippen MR) is 92.3 cm³/mol. The average molecular weight is 330 g/mol. The lowest BCUT2D eigenvalue weighted by atomic mass is 9.46.